The topological polar surface area (TPSA) is 50.8 Å². The molecule has 1 aliphatic heterocycles. The minimum Gasteiger partial charge on any atom is -0.496 e. The van der Waals surface area contributed by atoms with Crippen molar-refractivity contribution in [3.05, 3.63) is 53.8 Å². The third-order valence-electron chi connectivity index (χ3n) is 6.37. The van der Waals surface area contributed by atoms with Gasteiger partial charge in [0.1, 0.15) is 11.6 Å². The Morgan fingerprint density at radius 3 is 2.42 bits per heavy atom. The van der Waals surface area contributed by atoms with Crippen LogP contribution in [-0.2, 0) is 16.0 Å². The van der Waals surface area contributed by atoms with Crippen molar-refractivity contribution in [2.45, 2.75) is 33.1 Å². The van der Waals surface area contributed by atoms with Gasteiger partial charge >= 0.3 is 0 Å². The van der Waals surface area contributed by atoms with Gasteiger partial charge in [0.2, 0.25) is 5.91 Å². The largest absolute Gasteiger partial charge is 0.496 e. The summed E-state index contributed by atoms with van der Waals surface area (Å²) in [5, 5.41) is 3.24. The van der Waals surface area contributed by atoms with Crippen molar-refractivity contribution in [2.24, 2.45) is 10.8 Å². The van der Waals surface area contributed by atoms with Crippen LogP contribution in [-0.4, -0.2) is 58.3 Å². The first-order valence-corrected chi connectivity index (χ1v) is 11.6. The third-order valence-corrected chi connectivity index (χ3v) is 6.37. The molecule has 1 N–H and O–H groups in total. The quantitative estimate of drug-likeness (QED) is 0.602. The molecule has 0 atom stereocenters. The Kier molecular flexibility index (Phi) is 8.14. The van der Waals surface area contributed by atoms with Gasteiger partial charge in [0.25, 0.3) is 0 Å². The fourth-order valence-electron chi connectivity index (χ4n) is 4.76. The van der Waals surface area contributed by atoms with Crippen molar-refractivity contribution in [3.63, 3.8) is 0 Å². The summed E-state index contributed by atoms with van der Waals surface area (Å²) < 4.78 is 24.8. The van der Waals surface area contributed by atoms with Gasteiger partial charge in [-0.15, -0.1) is 0 Å². The van der Waals surface area contributed by atoms with Crippen molar-refractivity contribution in [1.82, 2.24) is 10.2 Å². The molecule has 0 spiro atoms. The summed E-state index contributed by atoms with van der Waals surface area (Å²) in [6.45, 7) is 7.05. The lowest BCUT2D eigenvalue weighted by atomic mass is 9.74. The number of methoxy groups -OCH3 is 1. The van der Waals surface area contributed by atoms with Gasteiger partial charge in [-0.3, -0.25) is 4.79 Å². The first-order chi connectivity index (χ1) is 15.6. The van der Waals surface area contributed by atoms with Gasteiger partial charge in [0.05, 0.1) is 12.5 Å². The Labute approximate surface area is 197 Å². The van der Waals surface area contributed by atoms with Crippen molar-refractivity contribution < 1.29 is 18.7 Å². The summed E-state index contributed by atoms with van der Waals surface area (Å²) in [6.07, 6.45) is 2.05. The predicted octanol–water partition coefficient (Wildman–Crippen LogP) is 4.54. The summed E-state index contributed by atoms with van der Waals surface area (Å²) in [4.78, 5) is 15.6. The van der Waals surface area contributed by atoms with Gasteiger partial charge in [-0.05, 0) is 68.1 Å². The standard InChI is InChI=1S/C27H37FN2O3/c1-26(2,19-30(3)4)18-29-25(31)27(12-14-33-15-13-27)17-20-6-8-21(9-7-20)23-16-22(28)10-11-24(23)32-5/h6-11,16H,12-15,17-19H2,1-5H3,(H,29,31). The van der Waals surface area contributed by atoms with E-state index in [1.165, 1.54) is 12.1 Å². The molecule has 0 bridgehead atoms. The zero-order valence-corrected chi connectivity index (χ0v) is 20.5. The molecular weight excluding hydrogens is 419 g/mol. The SMILES string of the molecule is COc1ccc(F)cc1-c1ccc(CC2(C(=O)NCC(C)(C)CN(C)C)CCOCC2)cc1. The molecule has 1 heterocycles. The summed E-state index contributed by atoms with van der Waals surface area (Å²) in [7, 11) is 5.68. The molecule has 2 aromatic carbocycles. The zero-order valence-electron chi connectivity index (χ0n) is 20.5. The Bertz CT molecular complexity index is 935. The van der Waals surface area contributed by atoms with E-state index in [1.54, 1.807) is 13.2 Å². The monoisotopic (exact) mass is 456 g/mol. The maximum absolute atomic E-state index is 13.8. The molecule has 6 heteroatoms. The van der Waals surface area contributed by atoms with Crippen LogP contribution < -0.4 is 10.1 Å². The maximum Gasteiger partial charge on any atom is 0.226 e. The number of carbonyl (C=O) groups excluding carboxylic acids is 1. The van der Waals surface area contributed by atoms with Crippen molar-refractivity contribution >= 4 is 5.91 Å². The van der Waals surface area contributed by atoms with Crippen LogP contribution >= 0.6 is 0 Å². The lowest BCUT2D eigenvalue weighted by molar-refractivity contribution is -0.137. The van der Waals surface area contributed by atoms with Gasteiger partial charge in [0.15, 0.2) is 0 Å². The van der Waals surface area contributed by atoms with Gasteiger partial charge in [-0.1, -0.05) is 38.1 Å². The average molecular weight is 457 g/mol. The van der Waals surface area contributed by atoms with Crippen LogP contribution in [0.15, 0.2) is 42.5 Å². The fourth-order valence-corrected chi connectivity index (χ4v) is 4.76. The van der Waals surface area contributed by atoms with E-state index < -0.39 is 5.41 Å². The molecule has 3 rings (SSSR count). The van der Waals surface area contributed by atoms with E-state index in [0.29, 0.717) is 50.3 Å². The fraction of sp³-hybridized carbons (Fsp3) is 0.519. The van der Waals surface area contributed by atoms with E-state index in [1.807, 2.05) is 38.4 Å². The van der Waals surface area contributed by atoms with E-state index in [0.717, 1.165) is 17.7 Å². The van der Waals surface area contributed by atoms with Crippen LogP contribution in [0, 0.1) is 16.6 Å². The third kappa shape index (κ3) is 6.55. The van der Waals surface area contributed by atoms with Gasteiger partial charge in [-0.25, -0.2) is 4.39 Å². The second kappa shape index (κ2) is 10.7. The molecule has 1 fully saturated rings. The van der Waals surface area contributed by atoms with E-state index in [4.69, 9.17) is 9.47 Å². The van der Waals surface area contributed by atoms with E-state index in [2.05, 4.69) is 24.1 Å². The molecule has 0 aromatic heterocycles. The molecule has 0 radical (unpaired) electrons. The summed E-state index contributed by atoms with van der Waals surface area (Å²) in [5.41, 5.74) is 2.18. The van der Waals surface area contributed by atoms with Gasteiger partial charge in [-0.2, -0.15) is 0 Å². The second-order valence-corrected chi connectivity index (χ2v) is 10.2. The minimum atomic E-state index is -0.482. The number of hydrogen-bond acceptors (Lipinski definition) is 4. The van der Waals surface area contributed by atoms with Crippen molar-refractivity contribution in [1.29, 1.82) is 0 Å². The average Bonchev–Trinajstić information content (AvgIpc) is 2.78. The van der Waals surface area contributed by atoms with Crippen LogP contribution in [0.1, 0.15) is 32.3 Å². The number of benzene rings is 2. The van der Waals surface area contributed by atoms with E-state index in [-0.39, 0.29) is 17.1 Å². The molecular formula is C27H37FN2O3. The highest BCUT2D eigenvalue weighted by Gasteiger charge is 2.40. The Morgan fingerprint density at radius 2 is 1.82 bits per heavy atom. The number of rotatable bonds is 9. The Balaban J connectivity index is 1.76. The second-order valence-electron chi connectivity index (χ2n) is 10.2. The molecule has 0 aliphatic carbocycles. The highest BCUT2D eigenvalue weighted by atomic mass is 19.1. The summed E-state index contributed by atoms with van der Waals surface area (Å²) >= 11 is 0. The number of halogens is 1. The lowest BCUT2D eigenvalue weighted by Gasteiger charge is -2.37. The maximum atomic E-state index is 13.8. The smallest absolute Gasteiger partial charge is 0.226 e. The normalized spacial score (nSPS) is 16.0. The number of amides is 1. The molecule has 1 saturated heterocycles. The highest BCUT2D eigenvalue weighted by Crippen LogP contribution is 2.36. The molecule has 0 unspecified atom stereocenters. The van der Waals surface area contributed by atoms with Crippen LogP contribution in [0.25, 0.3) is 11.1 Å². The molecule has 1 amide bonds. The van der Waals surface area contributed by atoms with E-state index in [9.17, 15) is 9.18 Å². The predicted molar refractivity (Wildman–Crippen MR) is 130 cm³/mol. The van der Waals surface area contributed by atoms with Crippen LogP contribution in [0.4, 0.5) is 4.39 Å². The minimum absolute atomic E-state index is 0.0167. The first-order valence-electron chi connectivity index (χ1n) is 11.6. The molecule has 180 valence electrons. The number of ether oxygens (including phenoxy) is 2. The number of hydrogen-bond donors (Lipinski definition) is 1. The molecule has 2 aromatic rings. The molecule has 5 nitrogen and oxygen atoms in total. The summed E-state index contributed by atoms with van der Waals surface area (Å²) in [6, 6.07) is 12.5. The molecule has 1 aliphatic rings. The van der Waals surface area contributed by atoms with Crippen LogP contribution in [0.3, 0.4) is 0 Å². The van der Waals surface area contributed by atoms with Crippen molar-refractivity contribution in [3.8, 4) is 16.9 Å². The Morgan fingerprint density at radius 1 is 1.15 bits per heavy atom. The molecule has 33 heavy (non-hydrogen) atoms. The molecule has 0 saturated carbocycles. The number of nitrogens with one attached hydrogen (secondary N) is 1. The van der Waals surface area contributed by atoms with Gasteiger partial charge < -0.3 is 19.7 Å². The zero-order chi connectivity index (χ0) is 24.1. The Hall–Kier alpha value is -2.44. The van der Waals surface area contributed by atoms with Crippen molar-refractivity contribution in [2.75, 3.05) is 47.5 Å². The van der Waals surface area contributed by atoms with Crippen LogP contribution in [0.2, 0.25) is 0 Å². The number of nitrogens with zero attached hydrogens (tertiary/aromatic N) is 1. The lowest BCUT2D eigenvalue weighted by Crippen LogP contribution is -2.49. The summed E-state index contributed by atoms with van der Waals surface area (Å²) in [5.74, 6) is 0.433. The van der Waals surface area contributed by atoms with E-state index >= 15 is 0 Å². The number of carbonyl (C=O) groups is 1. The van der Waals surface area contributed by atoms with Crippen LogP contribution in [0.5, 0.6) is 5.75 Å². The highest BCUT2D eigenvalue weighted by molar-refractivity contribution is 5.83. The van der Waals surface area contributed by atoms with Gasteiger partial charge in [0, 0.05) is 31.9 Å². The first kappa shape index (κ1) is 25.2.